The van der Waals surface area contributed by atoms with Crippen molar-refractivity contribution in [1.82, 2.24) is 20.0 Å². The summed E-state index contributed by atoms with van der Waals surface area (Å²) in [5.74, 6) is 1.03. The van der Waals surface area contributed by atoms with Crippen molar-refractivity contribution >= 4 is 11.6 Å². The van der Waals surface area contributed by atoms with Crippen LogP contribution in [0, 0.1) is 24.0 Å². The molecule has 1 atom stereocenters. The molecule has 0 aliphatic carbocycles. The van der Waals surface area contributed by atoms with Gasteiger partial charge in [-0.2, -0.15) is 5.10 Å². The van der Waals surface area contributed by atoms with Gasteiger partial charge in [0, 0.05) is 19.6 Å². The molecule has 0 saturated carbocycles. The molecule has 1 saturated heterocycles. The minimum absolute atomic E-state index is 0.0597. The van der Waals surface area contributed by atoms with E-state index in [0.717, 1.165) is 18.7 Å². The summed E-state index contributed by atoms with van der Waals surface area (Å²) in [4.78, 5) is 25.7. The highest BCUT2D eigenvalue weighted by molar-refractivity contribution is 5.76. The summed E-state index contributed by atoms with van der Waals surface area (Å²) in [5.41, 5.74) is 1.57. The Morgan fingerprint density at radius 1 is 1.30 bits per heavy atom. The number of hydrogen-bond acceptors (Lipinski definition) is 8. The van der Waals surface area contributed by atoms with E-state index in [-0.39, 0.29) is 29.9 Å². The Morgan fingerprint density at radius 2 is 2.03 bits per heavy atom. The zero-order chi connectivity index (χ0) is 24.0. The number of nitro groups is 1. The molecule has 0 spiro atoms. The monoisotopic (exact) mass is 461 g/mol. The fourth-order valence-corrected chi connectivity index (χ4v) is 4.02. The van der Waals surface area contributed by atoms with Gasteiger partial charge in [0.15, 0.2) is 11.5 Å². The van der Waals surface area contributed by atoms with E-state index in [2.05, 4.69) is 15.3 Å². The van der Waals surface area contributed by atoms with Gasteiger partial charge >= 0.3 is 5.69 Å². The fraction of sp³-hybridized carbons (Fsp3) is 0.545. The van der Waals surface area contributed by atoms with Crippen LogP contribution in [-0.2, 0) is 16.1 Å². The van der Waals surface area contributed by atoms with Crippen LogP contribution in [0.4, 0.5) is 5.69 Å². The average Bonchev–Trinajstić information content (AvgIpc) is 3.08. The van der Waals surface area contributed by atoms with Gasteiger partial charge in [-0.05, 0) is 38.5 Å². The lowest BCUT2D eigenvalue weighted by Gasteiger charge is -2.35. The number of morpholine rings is 1. The molecule has 33 heavy (non-hydrogen) atoms. The first kappa shape index (κ1) is 24.5. The number of ether oxygens (including phenoxy) is 3. The Hall–Kier alpha value is -3.18. The Morgan fingerprint density at radius 3 is 2.64 bits per heavy atom. The summed E-state index contributed by atoms with van der Waals surface area (Å²) in [6, 6.07) is 5.69. The maximum absolute atomic E-state index is 12.7. The van der Waals surface area contributed by atoms with E-state index in [4.69, 9.17) is 14.2 Å². The van der Waals surface area contributed by atoms with Gasteiger partial charge in [-0.15, -0.1) is 0 Å². The Kier molecular flexibility index (Phi) is 8.23. The summed E-state index contributed by atoms with van der Waals surface area (Å²) < 4.78 is 18.0. The van der Waals surface area contributed by atoms with E-state index in [9.17, 15) is 14.9 Å². The highest BCUT2D eigenvalue weighted by Crippen LogP contribution is 2.32. The summed E-state index contributed by atoms with van der Waals surface area (Å²) in [6.45, 7) is 8.57. The molecule has 0 bridgehead atoms. The largest absolute Gasteiger partial charge is 0.493 e. The van der Waals surface area contributed by atoms with Crippen molar-refractivity contribution < 1.29 is 23.9 Å². The molecule has 1 aromatic carbocycles. The van der Waals surface area contributed by atoms with Crippen molar-refractivity contribution in [2.75, 3.05) is 46.6 Å². The molecule has 3 rings (SSSR count). The van der Waals surface area contributed by atoms with Gasteiger partial charge in [0.25, 0.3) is 0 Å². The maximum atomic E-state index is 12.7. The van der Waals surface area contributed by atoms with Gasteiger partial charge in [0.1, 0.15) is 17.9 Å². The van der Waals surface area contributed by atoms with E-state index in [0.29, 0.717) is 43.6 Å². The Balaban J connectivity index is 1.75. The second-order valence-electron chi connectivity index (χ2n) is 7.75. The molecule has 1 amide bonds. The highest BCUT2D eigenvalue weighted by atomic mass is 16.6. The number of carbonyl (C=O) groups is 1. The highest BCUT2D eigenvalue weighted by Gasteiger charge is 2.26. The zero-order valence-corrected chi connectivity index (χ0v) is 19.5. The molecule has 1 aliphatic rings. The number of rotatable bonds is 10. The van der Waals surface area contributed by atoms with E-state index < -0.39 is 4.92 Å². The van der Waals surface area contributed by atoms with Gasteiger partial charge in [-0.1, -0.05) is 6.07 Å². The second kappa shape index (κ2) is 11.1. The van der Waals surface area contributed by atoms with E-state index >= 15 is 0 Å². The van der Waals surface area contributed by atoms with Crippen LogP contribution in [0.1, 0.15) is 29.9 Å². The van der Waals surface area contributed by atoms with Crippen molar-refractivity contribution in [3.8, 4) is 11.5 Å². The summed E-state index contributed by atoms with van der Waals surface area (Å²) in [7, 11) is 1.60. The molecular formula is C22H31N5O6. The number of nitrogens with zero attached hydrogens (tertiary/aromatic N) is 4. The molecule has 1 aromatic heterocycles. The van der Waals surface area contributed by atoms with Gasteiger partial charge in [0.2, 0.25) is 5.91 Å². The molecule has 180 valence electrons. The van der Waals surface area contributed by atoms with E-state index in [1.165, 1.54) is 4.68 Å². The van der Waals surface area contributed by atoms with Crippen molar-refractivity contribution in [2.24, 2.45) is 0 Å². The van der Waals surface area contributed by atoms with Gasteiger partial charge in [-0.25, -0.2) is 0 Å². The van der Waals surface area contributed by atoms with Crippen LogP contribution in [0.3, 0.4) is 0 Å². The standard InChI is InChI=1S/C22H31N5O6/c1-5-33-19-7-6-17(12-20(19)31-4)18(25-8-10-32-11-9-25)13-23-21(28)14-26-16(3)22(27(29)30)15(2)24-26/h6-7,12,18H,5,8-11,13-14H2,1-4H3,(H,23,28)/t18-/m1/s1. The molecule has 1 fully saturated rings. The number of carbonyl (C=O) groups excluding carboxylic acids is 1. The molecule has 0 radical (unpaired) electrons. The van der Waals surface area contributed by atoms with E-state index in [1.807, 2.05) is 25.1 Å². The number of amides is 1. The minimum Gasteiger partial charge on any atom is -0.493 e. The van der Waals surface area contributed by atoms with Crippen LogP contribution in [0.5, 0.6) is 11.5 Å². The maximum Gasteiger partial charge on any atom is 0.312 e. The Bertz CT molecular complexity index is 986. The molecule has 2 aromatic rings. The third kappa shape index (κ3) is 5.79. The minimum atomic E-state index is -0.472. The van der Waals surface area contributed by atoms with Crippen LogP contribution in [0.15, 0.2) is 18.2 Å². The molecule has 0 unspecified atom stereocenters. The summed E-state index contributed by atoms with van der Waals surface area (Å²) in [5, 5.41) is 18.3. The van der Waals surface area contributed by atoms with Gasteiger partial charge in [-0.3, -0.25) is 24.5 Å². The number of hydrogen-bond donors (Lipinski definition) is 1. The third-order valence-corrected chi connectivity index (χ3v) is 5.67. The average molecular weight is 462 g/mol. The number of benzene rings is 1. The first-order valence-corrected chi connectivity index (χ1v) is 10.9. The molecule has 1 N–H and O–H groups in total. The molecule has 1 aliphatic heterocycles. The summed E-state index contributed by atoms with van der Waals surface area (Å²) >= 11 is 0. The first-order valence-electron chi connectivity index (χ1n) is 10.9. The lowest BCUT2D eigenvalue weighted by Crippen LogP contribution is -2.44. The molecule has 11 heteroatoms. The van der Waals surface area contributed by atoms with Crippen molar-refractivity contribution in [1.29, 1.82) is 0 Å². The van der Waals surface area contributed by atoms with Crippen LogP contribution in [0.2, 0.25) is 0 Å². The first-order chi connectivity index (χ1) is 15.8. The normalized spacial score (nSPS) is 15.2. The number of nitrogens with one attached hydrogen (secondary N) is 1. The number of aryl methyl sites for hydroxylation is 1. The lowest BCUT2D eigenvalue weighted by molar-refractivity contribution is -0.386. The number of aromatic nitrogens is 2. The van der Waals surface area contributed by atoms with Gasteiger partial charge in [0.05, 0.1) is 37.9 Å². The molecule has 2 heterocycles. The predicted octanol–water partition coefficient (Wildman–Crippen LogP) is 2.01. The zero-order valence-electron chi connectivity index (χ0n) is 19.5. The smallest absolute Gasteiger partial charge is 0.312 e. The van der Waals surface area contributed by atoms with Crippen molar-refractivity contribution in [2.45, 2.75) is 33.4 Å². The second-order valence-corrected chi connectivity index (χ2v) is 7.75. The van der Waals surface area contributed by atoms with Crippen LogP contribution < -0.4 is 14.8 Å². The van der Waals surface area contributed by atoms with Gasteiger partial charge < -0.3 is 19.5 Å². The lowest BCUT2D eigenvalue weighted by atomic mass is 10.0. The Labute approximate surface area is 192 Å². The summed E-state index contributed by atoms with van der Waals surface area (Å²) in [6.07, 6.45) is 0. The number of methoxy groups -OCH3 is 1. The topological polar surface area (TPSA) is 121 Å². The quantitative estimate of drug-likeness (QED) is 0.421. The van der Waals surface area contributed by atoms with Crippen LogP contribution >= 0.6 is 0 Å². The third-order valence-electron chi connectivity index (χ3n) is 5.67. The molecule has 11 nitrogen and oxygen atoms in total. The predicted molar refractivity (Wildman–Crippen MR) is 121 cm³/mol. The van der Waals surface area contributed by atoms with Crippen molar-refractivity contribution in [3.63, 3.8) is 0 Å². The van der Waals surface area contributed by atoms with Crippen LogP contribution in [0.25, 0.3) is 0 Å². The fourth-order valence-electron chi connectivity index (χ4n) is 4.02. The van der Waals surface area contributed by atoms with Crippen LogP contribution in [-0.4, -0.2) is 72.1 Å². The molecular weight excluding hydrogens is 430 g/mol. The SMILES string of the molecule is CCOc1ccc([C@@H](CNC(=O)Cn2nc(C)c([N+](=O)[O-])c2C)N2CCOCC2)cc1OC. The van der Waals surface area contributed by atoms with Crippen molar-refractivity contribution in [3.05, 3.63) is 45.3 Å². The van der Waals surface area contributed by atoms with E-state index in [1.54, 1.807) is 21.0 Å².